The van der Waals surface area contributed by atoms with Crippen LogP contribution in [0.4, 0.5) is 0 Å². The molecule has 1 atom stereocenters. The number of hydrogen-bond donors (Lipinski definition) is 2. The van der Waals surface area contributed by atoms with Crippen molar-refractivity contribution in [1.82, 2.24) is 10.2 Å². The maximum atomic E-state index is 5.90. The topological polar surface area (TPSA) is 62.9 Å². The monoisotopic (exact) mass is 316 g/mol. The van der Waals surface area contributed by atoms with E-state index in [0.29, 0.717) is 12.5 Å². The van der Waals surface area contributed by atoms with Crippen molar-refractivity contribution < 1.29 is 4.74 Å². The molecule has 0 aromatic heterocycles. The first kappa shape index (κ1) is 16.3. The molecule has 2 aliphatic heterocycles. The zero-order chi connectivity index (χ0) is 15.9. The average Bonchev–Trinajstić information content (AvgIpc) is 3.10. The summed E-state index contributed by atoms with van der Waals surface area (Å²) in [6.07, 6.45) is 4.76. The number of guanidine groups is 1. The number of nitrogens with zero attached hydrogens (tertiary/aromatic N) is 2. The van der Waals surface area contributed by atoms with E-state index in [9.17, 15) is 0 Å². The fourth-order valence-corrected chi connectivity index (χ4v) is 3.31. The van der Waals surface area contributed by atoms with Crippen LogP contribution in [0.15, 0.2) is 29.3 Å². The normalized spacial score (nSPS) is 22.1. The zero-order valence-corrected chi connectivity index (χ0v) is 13.8. The van der Waals surface area contributed by atoms with Crippen LogP contribution in [-0.2, 0) is 17.7 Å². The van der Waals surface area contributed by atoms with E-state index in [1.165, 1.54) is 11.1 Å². The maximum absolute atomic E-state index is 5.90. The average molecular weight is 316 g/mol. The Morgan fingerprint density at radius 3 is 3.04 bits per heavy atom. The zero-order valence-electron chi connectivity index (χ0n) is 13.8. The lowest BCUT2D eigenvalue weighted by Gasteiger charge is -2.28. The first-order valence-electron chi connectivity index (χ1n) is 8.76. The van der Waals surface area contributed by atoms with Gasteiger partial charge < -0.3 is 15.8 Å². The Labute approximate surface area is 138 Å². The van der Waals surface area contributed by atoms with Crippen LogP contribution in [-0.4, -0.2) is 49.7 Å². The van der Waals surface area contributed by atoms with Crippen molar-refractivity contribution in [2.75, 3.05) is 32.8 Å². The second kappa shape index (κ2) is 8.31. The molecule has 3 N–H and O–H groups in total. The second-order valence-corrected chi connectivity index (χ2v) is 6.44. The number of nitrogens with two attached hydrogens (primary N) is 1. The molecule has 5 nitrogen and oxygen atoms in total. The van der Waals surface area contributed by atoms with Gasteiger partial charge in [0.2, 0.25) is 0 Å². The lowest BCUT2D eigenvalue weighted by molar-refractivity contribution is 0.118. The Bertz CT molecular complexity index is 526. The van der Waals surface area contributed by atoms with Gasteiger partial charge in [0.05, 0.1) is 12.6 Å². The molecule has 1 aromatic carbocycles. The summed E-state index contributed by atoms with van der Waals surface area (Å²) >= 11 is 0. The molecule has 1 aromatic rings. The Morgan fingerprint density at radius 2 is 2.22 bits per heavy atom. The Hall–Kier alpha value is -1.59. The minimum atomic E-state index is 0.267. The molecule has 1 saturated heterocycles. The van der Waals surface area contributed by atoms with Crippen molar-refractivity contribution in [2.45, 2.75) is 38.3 Å². The summed E-state index contributed by atoms with van der Waals surface area (Å²) in [5, 5.41) is 3.21. The highest BCUT2D eigenvalue weighted by Crippen LogP contribution is 2.18. The predicted molar refractivity (Wildman–Crippen MR) is 93.5 cm³/mol. The Kier molecular flexibility index (Phi) is 5.88. The highest BCUT2D eigenvalue weighted by Gasteiger charge is 2.15. The summed E-state index contributed by atoms with van der Waals surface area (Å²) in [6.45, 7) is 5.74. The third-order valence-corrected chi connectivity index (χ3v) is 4.66. The molecular formula is C18H28N4O. The van der Waals surface area contributed by atoms with E-state index in [4.69, 9.17) is 10.5 Å². The fraction of sp³-hybridized carbons (Fsp3) is 0.611. The molecule has 0 spiro atoms. The molecule has 1 fully saturated rings. The van der Waals surface area contributed by atoms with E-state index in [1.54, 1.807) is 0 Å². The van der Waals surface area contributed by atoms with Crippen LogP contribution in [0.1, 0.15) is 30.4 Å². The van der Waals surface area contributed by atoms with Crippen molar-refractivity contribution >= 4 is 5.96 Å². The molecule has 1 unspecified atom stereocenters. The smallest absolute Gasteiger partial charge is 0.188 e. The molecule has 0 aliphatic carbocycles. The number of fused-ring (bicyclic) bond motifs is 1. The SMILES string of the molecule is NC(=NCC1CCCO1)NCCCN1CCc2ccccc2C1. The lowest BCUT2D eigenvalue weighted by Crippen LogP contribution is -2.36. The minimum Gasteiger partial charge on any atom is -0.376 e. The van der Waals surface area contributed by atoms with Crippen molar-refractivity contribution in [3.8, 4) is 0 Å². The van der Waals surface area contributed by atoms with Crippen LogP contribution in [0.2, 0.25) is 0 Å². The molecule has 2 heterocycles. The highest BCUT2D eigenvalue weighted by molar-refractivity contribution is 5.77. The van der Waals surface area contributed by atoms with Crippen molar-refractivity contribution in [2.24, 2.45) is 10.7 Å². The predicted octanol–water partition coefficient (Wildman–Crippen LogP) is 1.52. The molecule has 0 radical (unpaired) electrons. The van der Waals surface area contributed by atoms with Gasteiger partial charge in [0.1, 0.15) is 0 Å². The van der Waals surface area contributed by atoms with Gasteiger partial charge in [0.15, 0.2) is 5.96 Å². The van der Waals surface area contributed by atoms with Crippen LogP contribution < -0.4 is 11.1 Å². The summed E-state index contributed by atoms with van der Waals surface area (Å²) in [6, 6.07) is 8.77. The molecule has 2 aliphatic rings. The van der Waals surface area contributed by atoms with E-state index in [2.05, 4.69) is 39.5 Å². The largest absolute Gasteiger partial charge is 0.376 e. The number of aliphatic imine (C=N–C) groups is 1. The van der Waals surface area contributed by atoms with Gasteiger partial charge in [-0.25, -0.2) is 0 Å². The number of nitrogens with one attached hydrogen (secondary N) is 1. The fourth-order valence-electron chi connectivity index (χ4n) is 3.31. The third-order valence-electron chi connectivity index (χ3n) is 4.66. The third kappa shape index (κ3) is 4.94. The van der Waals surface area contributed by atoms with Gasteiger partial charge in [-0.15, -0.1) is 0 Å². The summed E-state index contributed by atoms with van der Waals surface area (Å²) in [5.41, 5.74) is 8.89. The molecule has 0 amide bonds. The number of rotatable bonds is 6. The second-order valence-electron chi connectivity index (χ2n) is 6.44. The quantitative estimate of drug-likeness (QED) is 0.474. The lowest BCUT2D eigenvalue weighted by atomic mass is 10.00. The number of ether oxygens (including phenoxy) is 1. The van der Waals surface area contributed by atoms with Gasteiger partial charge in [-0.05, 0) is 36.8 Å². The first-order valence-corrected chi connectivity index (χ1v) is 8.76. The molecule has 126 valence electrons. The molecule has 3 rings (SSSR count). The summed E-state index contributed by atoms with van der Waals surface area (Å²) in [7, 11) is 0. The van der Waals surface area contributed by atoms with Crippen LogP contribution in [0, 0.1) is 0 Å². The summed E-state index contributed by atoms with van der Waals surface area (Å²) < 4.78 is 5.54. The Morgan fingerprint density at radius 1 is 1.35 bits per heavy atom. The van der Waals surface area contributed by atoms with Gasteiger partial charge in [0.25, 0.3) is 0 Å². The number of benzene rings is 1. The van der Waals surface area contributed by atoms with Gasteiger partial charge in [-0.2, -0.15) is 0 Å². The van der Waals surface area contributed by atoms with Crippen molar-refractivity contribution in [1.29, 1.82) is 0 Å². The van der Waals surface area contributed by atoms with Crippen molar-refractivity contribution in [3.05, 3.63) is 35.4 Å². The van der Waals surface area contributed by atoms with Gasteiger partial charge in [-0.1, -0.05) is 24.3 Å². The van der Waals surface area contributed by atoms with Gasteiger partial charge in [0, 0.05) is 32.8 Å². The summed E-state index contributed by atoms with van der Waals surface area (Å²) in [5.74, 6) is 0.546. The summed E-state index contributed by atoms with van der Waals surface area (Å²) in [4.78, 5) is 6.88. The minimum absolute atomic E-state index is 0.267. The van der Waals surface area contributed by atoms with Crippen LogP contribution in [0.3, 0.4) is 0 Å². The van der Waals surface area contributed by atoms with Gasteiger partial charge >= 0.3 is 0 Å². The standard InChI is InChI=1S/C18H28N4O/c19-18(21-13-17-7-3-12-23-17)20-9-4-10-22-11-8-15-5-1-2-6-16(15)14-22/h1-2,5-6,17H,3-4,7-14H2,(H3,19,20,21). The molecule has 0 saturated carbocycles. The number of hydrogen-bond acceptors (Lipinski definition) is 3. The molecule has 5 heteroatoms. The molecule has 0 bridgehead atoms. The van der Waals surface area contributed by atoms with E-state index < -0.39 is 0 Å². The molecule has 23 heavy (non-hydrogen) atoms. The van der Waals surface area contributed by atoms with E-state index in [0.717, 1.165) is 58.5 Å². The van der Waals surface area contributed by atoms with Gasteiger partial charge in [-0.3, -0.25) is 9.89 Å². The van der Waals surface area contributed by atoms with Crippen LogP contribution >= 0.6 is 0 Å². The highest BCUT2D eigenvalue weighted by atomic mass is 16.5. The van der Waals surface area contributed by atoms with Crippen LogP contribution in [0.5, 0.6) is 0 Å². The molecular weight excluding hydrogens is 288 g/mol. The maximum Gasteiger partial charge on any atom is 0.188 e. The van der Waals surface area contributed by atoms with E-state index in [1.807, 2.05) is 0 Å². The van der Waals surface area contributed by atoms with Crippen molar-refractivity contribution in [3.63, 3.8) is 0 Å². The first-order chi connectivity index (χ1) is 11.3. The van der Waals surface area contributed by atoms with E-state index in [-0.39, 0.29) is 6.10 Å². The van der Waals surface area contributed by atoms with Crippen LogP contribution in [0.25, 0.3) is 0 Å². The van der Waals surface area contributed by atoms with E-state index >= 15 is 0 Å². The Balaban J connectivity index is 1.31.